The molecule has 2 saturated carbocycles. The Hall–Kier alpha value is -1.58. The molecule has 0 aromatic carbocycles. The van der Waals surface area contributed by atoms with E-state index in [2.05, 4.69) is 13.5 Å². The number of fused-ring (bicyclic) bond motifs is 2. The average Bonchev–Trinajstić information content (AvgIpc) is 2.57. The number of esters is 2. The summed E-state index contributed by atoms with van der Waals surface area (Å²) < 4.78 is 11.1. The Morgan fingerprint density at radius 2 is 2.19 bits per heavy atom. The van der Waals surface area contributed by atoms with E-state index in [9.17, 15) is 9.59 Å². The molecular weight excluding hydrogens is 268 g/mol. The maximum absolute atomic E-state index is 12.0. The number of hydrogen-bond donors (Lipinski definition) is 0. The second-order valence-electron chi connectivity index (χ2n) is 6.94. The summed E-state index contributed by atoms with van der Waals surface area (Å²) in [6, 6.07) is 0. The third kappa shape index (κ3) is 2.03. The van der Waals surface area contributed by atoms with E-state index in [0.717, 1.165) is 24.8 Å². The van der Waals surface area contributed by atoms with Gasteiger partial charge in [0.2, 0.25) is 0 Å². The zero-order chi connectivity index (χ0) is 15.4. The van der Waals surface area contributed by atoms with Crippen molar-refractivity contribution in [2.24, 2.45) is 11.3 Å². The molecule has 2 fully saturated rings. The molecular formula is C17H22O4. The van der Waals surface area contributed by atoms with Crippen LogP contribution in [0.2, 0.25) is 0 Å². The first-order valence-corrected chi connectivity index (χ1v) is 7.58. The highest BCUT2D eigenvalue weighted by Gasteiger charge is 2.59. The lowest BCUT2D eigenvalue weighted by Crippen LogP contribution is -2.50. The molecule has 0 spiro atoms. The van der Waals surface area contributed by atoms with Crippen LogP contribution < -0.4 is 0 Å². The molecule has 3 aliphatic rings. The van der Waals surface area contributed by atoms with Crippen LogP contribution in [0.15, 0.2) is 23.3 Å². The summed E-state index contributed by atoms with van der Waals surface area (Å²) in [5.74, 6) is -1.60. The summed E-state index contributed by atoms with van der Waals surface area (Å²) in [5, 5.41) is 0. The lowest BCUT2D eigenvalue weighted by molar-refractivity contribution is -0.223. The van der Waals surface area contributed by atoms with Crippen LogP contribution in [-0.4, -0.2) is 17.7 Å². The molecule has 0 radical (unpaired) electrons. The summed E-state index contributed by atoms with van der Waals surface area (Å²) in [6.07, 6.45) is 4.43. The van der Waals surface area contributed by atoms with Gasteiger partial charge in [-0.05, 0) is 43.9 Å². The zero-order valence-corrected chi connectivity index (χ0v) is 13.0. The fraction of sp³-hybridized carbons (Fsp3) is 0.647. The quantitative estimate of drug-likeness (QED) is 0.549. The molecule has 0 N–H and O–H groups in total. The molecule has 114 valence electrons. The van der Waals surface area contributed by atoms with Crippen molar-refractivity contribution in [3.63, 3.8) is 0 Å². The lowest BCUT2D eigenvalue weighted by atomic mass is 9.56. The van der Waals surface area contributed by atoms with E-state index >= 15 is 0 Å². The van der Waals surface area contributed by atoms with E-state index in [-0.39, 0.29) is 11.4 Å². The van der Waals surface area contributed by atoms with Crippen molar-refractivity contribution in [3.8, 4) is 0 Å². The Balaban J connectivity index is 2.06. The van der Waals surface area contributed by atoms with Crippen LogP contribution >= 0.6 is 0 Å². The fourth-order valence-electron chi connectivity index (χ4n) is 4.40. The summed E-state index contributed by atoms with van der Waals surface area (Å²) in [6.45, 7) is 9.55. The van der Waals surface area contributed by atoms with E-state index in [1.807, 2.05) is 0 Å². The molecule has 0 amide bonds. The Labute approximate surface area is 125 Å². The average molecular weight is 290 g/mol. The third-order valence-electron chi connectivity index (χ3n) is 5.41. The minimum atomic E-state index is -1.17. The minimum absolute atomic E-state index is 0.0286. The van der Waals surface area contributed by atoms with Gasteiger partial charge in [0.1, 0.15) is 0 Å². The first kappa shape index (κ1) is 14.4. The van der Waals surface area contributed by atoms with Crippen LogP contribution in [0.3, 0.4) is 0 Å². The number of hydrogen-bond acceptors (Lipinski definition) is 4. The molecule has 2 aliphatic carbocycles. The summed E-state index contributed by atoms with van der Waals surface area (Å²) in [7, 11) is 0. The summed E-state index contributed by atoms with van der Waals surface area (Å²) in [5.41, 5.74) is 2.66. The van der Waals surface area contributed by atoms with Gasteiger partial charge in [-0.1, -0.05) is 19.1 Å². The highest BCUT2D eigenvalue weighted by atomic mass is 16.7. The highest BCUT2D eigenvalue weighted by molar-refractivity contribution is 5.92. The van der Waals surface area contributed by atoms with Crippen LogP contribution in [0.25, 0.3) is 0 Å². The normalized spacial score (nSPS) is 38.7. The highest BCUT2D eigenvalue weighted by Crippen LogP contribution is 2.59. The monoisotopic (exact) mass is 290 g/mol. The zero-order valence-electron chi connectivity index (χ0n) is 13.0. The smallest absolute Gasteiger partial charge is 0.337 e. The van der Waals surface area contributed by atoms with Gasteiger partial charge in [-0.2, -0.15) is 0 Å². The molecule has 4 nitrogen and oxygen atoms in total. The number of allylic oxidation sites excluding steroid dienone is 1. The van der Waals surface area contributed by atoms with Crippen LogP contribution in [0, 0.1) is 11.3 Å². The van der Waals surface area contributed by atoms with Gasteiger partial charge in [0.25, 0.3) is 5.79 Å². The number of rotatable bonds is 1. The maximum Gasteiger partial charge on any atom is 0.337 e. The van der Waals surface area contributed by atoms with Gasteiger partial charge in [0.15, 0.2) is 0 Å². The molecule has 3 atom stereocenters. The van der Waals surface area contributed by atoms with Gasteiger partial charge in [-0.3, -0.25) is 4.79 Å². The van der Waals surface area contributed by atoms with Gasteiger partial charge in [0.05, 0.1) is 0 Å². The van der Waals surface area contributed by atoms with Gasteiger partial charge >= 0.3 is 11.9 Å². The maximum atomic E-state index is 12.0. The minimum Gasteiger partial charge on any atom is -0.418 e. The molecule has 0 unspecified atom stereocenters. The lowest BCUT2D eigenvalue weighted by Gasteiger charge is -2.51. The number of carbonyl (C=O) groups excluding carboxylic acids is 2. The predicted molar refractivity (Wildman–Crippen MR) is 77.1 cm³/mol. The molecule has 0 saturated heterocycles. The Morgan fingerprint density at radius 1 is 1.48 bits per heavy atom. The fourth-order valence-corrected chi connectivity index (χ4v) is 4.40. The molecule has 21 heavy (non-hydrogen) atoms. The first-order valence-electron chi connectivity index (χ1n) is 7.58. The van der Waals surface area contributed by atoms with Crippen LogP contribution in [0.5, 0.6) is 0 Å². The topological polar surface area (TPSA) is 52.6 Å². The third-order valence-corrected chi connectivity index (χ3v) is 5.41. The van der Waals surface area contributed by atoms with E-state index in [1.54, 1.807) is 6.92 Å². The van der Waals surface area contributed by atoms with E-state index in [1.165, 1.54) is 12.5 Å². The largest absolute Gasteiger partial charge is 0.418 e. The molecule has 4 heteroatoms. The van der Waals surface area contributed by atoms with E-state index in [4.69, 9.17) is 9.47 Å². The molecule has 1 aliphatic heterocycles. The van der Waals surface area contributed by atoms with E-state index in [0.29, 0.717) is 24.3 Å². The molecule has 3 rings (SSSR count). The standard InChI is InChI=1S/C17H22O4/c1-10-6-5-7-16(4)9-17(20-12(3)18)14(8-13(10)16)11(2)15(19)21-17/h13H,1,5-9H2,2-4H3/t13-,16+,17-/m0/s1. The van der Waals surface area contributed by atoms with Crippen molar-refractivity contribution in [1.82, 2.24) is 0 Å². The Morgan fingerprint density at radius 3 is 2.86 bits per heavy atom. The van der Waals surface area contributed by atoms with Gasteiger partial charge in [-0.25, -0.2) is 4.79 Å². The molecule has 0 aromatic heterocycles. The molecule has 0 aromatic rings. The number of ether oxygens (including phenoxy) is 2. The SMILES string of the molecule is C=C1CCC[C@]2(C)C[C@]3(OC(C)=O)OC(=O)C(C)=C3C[C@@H]12. The van der Waals surface area contributed by atoms with Crippen molar-refractivity contribution in [2.75, 3.05) is 0 Å². The van der Waals surface area contributed by atoms with Crippen molar-refractivity contribution in [1.29, 1.82) is 0 Å². The van der Waals surface area contributed by atoms with Crippen molar-refractivity contribution in [2.45, 2.75) is 58.7 Å². The van der Waals surface area contributed by atoms with Gasteiger partial charge < -0.3 is 9.47 Å². The summed E-state index contributed by atoms with van der Waals surface area (Å²) in [4.78, 5) is 23.6. The van der Waals surface area contributed by atoms with Crippen LogP contribution in [0.4, 0.5) is 0 Å². The van der Waals surface area contributed by atoms with Crippen LogP contribution in [-0.2, 0) is 19.1 Å². The van der Waals surface area contributed by atoms with Crippen LogP contribution in [0.1, 0.15) is 52.9 Å². The Bertz CT molecular complexity index is 573. The second-order valence-corrected chi connectivity index (χ2v) is 6.94. The van der Waals surface area contributed by atoms with E-state index < -0.39 is 11.8 Å². The summed E-state index contributed by atoms with van der Waals surface area (Å²) >= 11 is 0. The first-order chi connectivity index (χ1) is 9.77. The molecule has 1 heterocycles. The number of carbonyl (C=O) groups is 2. The second kappa shape index (κ2) is 4.46. The van der Waals surface area contributed by atoms with Crippen molar-refractivity contribution < 1.29 is 19.1 Å². The molecule has 0 bridgehead atoms. The van der Waals surface area contributed by atoms with Crippen molar-refractivity contribution >= 4 is 11.9 Å². The Kier molecular flexibility index (Phi) is 3.05. The van der Waals surface area contributed by atoms with Gasteiger partial charge in [-0.15, -0.1) is 0 Å². The van der Waals surface area contributed by atoms with Gasteiger partial charge in [0, 0.05) is 24.5 Å². The van der Waals surface area contributed by atoms with Crippen molar-refractivity contribution in [3.05, 3.63) is 23.3 Å². The predicted octanol–water partition coefficient (Wildman–Crippen LogP) is 3.28.